The minimum Gasteiger partial charge on any atom is -0.346 e. The van der Waals surface area contributed by atoms with Crippen LogP contribution in [0.15, 0.2) is 85.1 Å². The summed E-state index contributed by atoms with van der Waals surface area (Å²) in [6.07, 6.45) is -3.37. The third kappa shape index (κ3) is 7.58. The minimum absolute atomic E-state index is 0.0686. The molecule has 0 spiro atoms. The summed E-state index contributed by atoms with van der Waals surface area (Å²) in [5.74, 6) is -2.63. The van der Waals surface area contributed by atoms with E-state index in [1.807, 2.05) is 42.5 Å². The van der Waals surface area contributed by atoms with Crippen LogP contribution in [0.4, 0.5) is 18.9 Å². The molecule has 2 N–H and O–H groups in total. The van der Waals surface area contributed by atoms with Gasteiger partial charge >= 0.3 is 6.18 Å². The van der Waals surface area contributed by atoms with Crippen LogP contribution in [-0.4, -0.2) is 51.8 Å². The van der Waals surface area contributed by atoms with E-state index in [1.54, 1.807) is 25.1 Å². The highest BCUT2D eigenvalue weighted by molar-refractivity contribution is 6.32. The molecule has 2 amide bonds. The van der Waals surface area contributed by atoms with Gasteiger partial charge in [-0.2, -0.15) is 23.1 Å². The first-order valence-corrected chi connectivity index (χ1v) is 15.2. The second-order valence-corrected chi connectivity index (χ2v) is 11.4. The number of aryl methyl sites for hydroxylation is 1. The first-order chi connectivity index (χ1) is 23.5. The Hall–Kier alpha value is -5.67. The third-order valence-corrected chi connectivity index (χ3v) is 7.55. The van der Waals surface area contributed by atoms with Crippen molar-refractivity contribution in [1.29, 1.82) is 0 Å². The van der Waals surface area contributed by atoms with Crippen molar-refractivity contribution in [1.82, 2.24) is 45.3 Å². The third-order valence-electron chi connectivity index (χ3n) is 7.03. The molecule has 6 aromatic rings. The molecule has 0 aliphatic carbocycles. The predicted molar refractivity (Wildman–Crippen MR) is 173 cm³/mol. The van der Waals surface area contributed by atoms with E-state index < -0.39 is 23.8 Å². The quantitative estimate of drug-likeness (QED) is 0.181. The molecular weight excluding hydrogens is 684 g/mol. The number of hydrogen-bond acceptors (Lipinski definition) is 8. The lowest BCUT2D eigenvalue weighted by molar-refractivity contribution is -0.145. The Bertz CT molecular complexity index is 2170. The number of tetrazole rings is 1. The lowest BCUT2D eigenvalue weighted by Crippen LogP contribution is -2.26. The number of rotatable bonds is 9. The van der Waals surface area contributed by atoms with Gasteiger partial charge < -0.3 is 10.6 Å². The second kappa shape index (κ2) is 13.8. The number of carbonyl (C=O) groups excluding carboxylic acids is 2. The van der Waals surface area contributed by atoms with E-state index in [0.29, 0.717) is 16.1 Å². The average Bonchev–Trinajstić information content (AvgIpc) is 3.73. The fraction of sp³-hybridized carbons (Fsp3) is 0.125. The van der Waals surface area contributed by atoms with E-state index in [2.05, 4.69) is 41.1 Å². The first-order valence-electron chi connectivity index (χ1n) is 14.4. The van der Waals surface area contributed by atoms with Crippen LogP contribution in [0.25, 0.3) is 17.1 Å². The molecule has 0 saturated heterocycles. The standard InChI is InChI=1S/C32H23Cl2F3N10O2/c1-18-13-20(33)14-23(29(48)39-16-21-9-5-11-25(40-21)19-7-3-2-4-8-19)27(18)41-30(49)26-15-22(17-46-44-31(42-45-46)32(35,36)37)43-47(26)28-24(34)10-6-12-38-28/h2-15H,16-17H2,1H3,(H,39,48)(H,41,49). The number of pyridine rings is 2. The van der Waals surface area contributed by atoms with Crippen molar-refractivity contribution in [2.45, 2.75) is 26.2 Å². The Morgan fingerprint density at radius 3 is 2.43 bits per heavy atom. The highest BCUT2D eigenvalue weighted by Gasteiger charge is 2.37. The van der Waals surface area contributed by atoms with Crippen LogP contribution in [0.2, 0.25) is 10.0 Å². The van der Waals surface area contributed by atoms with E-state index in [0.717, 1.165) is 15.9 Å². The van der Waals surface area contributed by atoms with Crippen LogP contribution in [0, 0.1) is 6.92 Å². The predicted octanol–water partition coefficient (Wildman–Crippen LogP) is 6.18. The van der Waals surface area contributed by atoms with Crippen LogP contribution >= 0.6 is 23.2 Å². The summed E-state index contributed by atoms with van der Waals surface area (Å²) in [4.78, 5) is 36.9. The number of carbonyl (C=O) groups is 2. The molecule has 4 heterocycles. The Labute approximate surface area is 285 Å². The maximum atomic E-state index is 13.9. The molecule has 0 atom stereocenters. The molecule has 12 nitrogen and oxygen atoms in total. The largest absolute Gasteiger partial charge is 0.455 e. The zero-order valence-electron chi connectivity index (χ0n) is 25.3. The highest BCUT2D eigenvalue weighted by Crippen LogP contribution is 2.28. The van der Waals surface area contributed by atoms with Gasteiger partial charge in [0.2, 0.25) is 0 Å². The van der Waals surface area contributed by atoms with Gasteiger partial charge in [0.25, 0.3) is 17.6 Å². The van der Waals surface area contributed by atoms with Crippen LogP contribution in [0.3, 0.4) is 0 Å². The molecule has 0 fully saturated rings. The molecule has 248 valence electrons. The minimum atomic E-state index is -4.80. The maximum absolute atomic E-state index is 13.9. The number of nitrogens with one attached hydrogen (secondary N) is 2. The zero-order valence-corrected chi connectivity index (χ0v) is 26.8. The molecule has 6 rings (SSSR count). The molecule has 0 aliphatic heterocycles. The molecule has 0 bridgehead atoms. The molecule has 4 aromatic heterocycles. The van der Waals surface area contributed by atoms with Crippen molar-refractivity contribution in [2.75, 3.05) is 5.32 Å². The molecule has 0 saturated carbocycles. The fourth-order valence-electron chi connectivity index (χ4n) is 4.81. The number of anilines is 1. The SMILES string of the molecule is Cc1cc(Cl)cc(C(=O)NCc2cccc(-c3ccccc3)n2)c1NC(=O)c1cc(Cn2nnc(C(F)(F)F)n2)nn1-c1ncccc1Cl. The van der Waals surface area contributed by atoms with Crippen LogP contribution in [-0.2, 0) is 19.3 Å². The summed E-state index contributed by atoms with van der Waals surface area (Å²) in [5.41, 5.74) is 2.96. The van der Waals surface area contributed by atoms with Gasteiger partial charge in [0.15, 0.2) is 5.82 Å². The van der Waals surface area contributed by atoms with Crippen molar-refractivity contribution in [3.05, 3.63) is 129 Å². The summed E-state index contributed by atoms with van der Waals surface area (Å²) in [6, 6.07) is 22.5. The molecule has 2 aromatic carbocycles. The zero-order chi connectivity index (χ0) is 34.7. The summed E-state index contributed by atoms with van der Waals surface area (Å²) in [7, 11) is 0. The van der Waals surface area contributed by atoms with E-state index >= 15 is 0 Å². The van der Waals surface area contributed by atoms with Gasteiger partial charge in [0.05, 0.1) is 39.9 Å². The Balaban J connectivity index is 1.28. The van der Waals surface area contributed by atoms with Crippen molar-refractivity contribution in [3.63, 3.8) is 0 Å². The number of aromatic nitrogens is 8. The van der Waals surface area contributed by atoms with Crippen LogP contribution in [0.5, 0.6) is 0 Å². The number of nitrogens with zero attached hydrogens (tertiary/aromatic N) is 8. The maximum Gasteiger partial charge on any atom is 0.455 e. The molecule has 49 heavy (non-hydrogen) atoms. The number of benzene rings is 2. The van der Waals surface area contributed by atoms with Crippen LogP contribution in [0.1, 0.15) is 43.6 Å². The Morgan fingerprint density at radius 2 is 1.69 bits per heavy atom. The van der Waals surface area contributed by atoms with Crippen molar-refractivity contribution in [2.24, 2.45) is 0 Å². The summed E-state index contributed by atoms with van der Waals surface area (Å²) >= 11 is 12.7. The van der Waals surface area contributed by atoms with E-state index in [-0.39, 0.29) is 51.6 Å². The highest BCUT2D eigenvalue weighted by atomic mass is 35.5. The number of hydrogen-bond donors (Lipinski definition) is 2. The van der Waals surface area contributed by atoms with E-state index in [4.69, 9.17) is 23.2 Å². The summed E-state index contributed by atoms with van der Waals surface area (Å²) in [6.45, 7) is 1.38. The van der Waals surface area contributed by atoms with Crippen molar-refractivity contribution in [3.8, 4) is 17.1 Å². The van der Waals surface area contributed by atoms with Gasteiger partial charge in [-0.15, -0.1) is 10.2 Å². The smallest absolute Gasteiger partial charge is 0.346 e. The lowest BCUT2D eigenvalue weighted by atomic mass is 10.1. The van der Waals surface area contributed by atoms with E-state index in [9.17, 15) is 22.8 Å². The number of alkyl halides is 3. The van der Waals surface area contributed by atoms with Gasteiger partial charge in [-0.3, -0.25) is 14.6 Å². The molecule has 0 aliphatic rings. The molecule has 0 unspecified atom stereocenters. The average molecular weight is 708 g/mol. The Morgan fingerprint density at radius 1 is 0.898 bits per heavy atom. The number of amides is 2. The molecular formula is C32H23Cl2F3N10O2. The lowest BCUT2D eigenvalue weighted by Gasteiger charge is -2.15. The Kier molecular flexibility index (Phi) is 9.38. The normalized spacial score (nSPS) is 11.4. The first kappa shape index (κ1) is 33.2. The van der Waals surface area contributed by atoms with Crippen LogP contribution < -0.4 is 10.6 Å². The topological polar surface area (TPSA) is 145 Å². The van der Waals surface area contributed by atoms with E-state index in [1.165, 1.54) is 24.4 Å². The number of halogens is 5. The fourth-order valence-corrected chi connectivity index (χ4v) is 5.29. The molecule has 17 heteroatoms. The summed E-state index contributed by atoms with van der Waals surface area (Å²) < 4.78 is 40.2. The monoisotopic (exact) mass is 706 g/mol. The van der Waals surface area contributed by atoms with Gasteiger partial charge in [-0.25, -0.2) is 9.67 Å². The van der Waals surface area contributed by atoms with Crippen molar-refractivity contribution < 1.29 is 22.8 Å². The van der Waals surface area contributed by atoms with Crippen molar-refractivity contribution >= 4 is 40.7 Å². The summed E-state index contributed by atoms with van der Waals surface area (Å²) in [5, 5.41) is 20.1. The molecule has 0 radical (unpaired) electrons. The van der Waals surface area contributed by atoms with Gasteiger partial charge in [0.1, 0.15) is 12.2 Å². The van der Waals surface area contributed by atoms with Gasteiger partial charge in [-0.05, 0) is 60.2 Å². The second-order valence-electron chi connectivity index (χ2n) is 10.5. The van der Waals surface area contributed by atoms with Gasteiger partial charge in [0, 0.05) is 16.8 Å². The van der Waals surface area contributed by atoms with Gasteiger partial charge in [-0.1, -0.05) is 59.6 Å².